The van der Waals surface area contributed by atoms with Gasteiger partial charge in [0.1, 0.15) is 5.82 Å². The number of nitrogens with zero attached hydrogens (tertiary/aromatic N) is 2. The molecule has 0 unspecified atom stereocenters. The Bertz CT molecular complexity index is 973. The van der Waals surface area contributed by atoms with Crippen molar-refractivity contribution in [2.75, 3.05) is 13.6 Å². The smallest absolute Gasteiger partial charge is 0.191 e. The summed E-state index contributed by atoms with van der Waals surface area (Å²) < 4.78 is 14.2. The quantitative estimate of drug-likeness (QED) is 0.537. The monoisotopic (exact) mass is 362 g/mol. The van der Waals surface area contributed by atoms with E-state index in [1.807, 2.05) is 30.5 Å². The Balaban J connectivity index is 1.41. The lowest BCUT2D eigenvalue weighted by Gasteiger charge is -2.19. The molecule has 1 saturated carbocycles. The molecule has 0 spiro atoms. The van der Waals surface area contributed by atoms with Crippen LogP contribution < -0.4 is 10.6 Å². The van der Waals surface area contributed by atoms with Gasteiger partial charge in [-0.05, 0) is 36.1 Å². The first-order valence-corrected chi connectivity index (χ1v) is 9.24. The Morgan fingerprint density at radius 1 is 1.07 bits per heavy atom. The second-order valence-corrected chi connectivity index (χ2v) is 7.03. The van der Waals surface area contributed by atoms with Crippen molar-refractivity contribution < 1.29 is 4.39 Å². The van der Waals surface area contributed by atoms with Gasteiger partial charge in [0.2, 0.25) is 0 Å². The average Bonchev–Trinajstić information content (AvgIpc) is 3.49. The number of hydrogen-bond acceptors (Lipinski definition) is 2. The van der Waals surface area contributed by atoms with Crippen molar-refractivity contribution in [3.63, 3.8) is 0 Å². The highest BCUT2D eigenvalue weighted by Crippen LogP contribution is 2.48. The van der Waals surface area contributed by atoms with Gasteiger partial charge in [0.25, 0.3) is 0 Å². The van der Waals surface area contributed by atoms with E-state index in [9.17, 15) is 4.39 Å². The Morgan fingerprint density at radius 3 is 2.67 bits per heavy atom. The standard InChI is InChI=1S/C22H23FN4/c1-24-21(26-14-17-7-4-6-16-8-5-13-25-20(16)17)27-15-22(11-12-22)18-9-2-3-10-19(18)23/h2-10,13H,11-12,14-15H2,1H3,(H2,24,26,27). The molecule has 27 heavy (non-hydrogen) atoms. The Kier molecular flexibility index (Phi) is 4.75. The maximum Gasteiger partial charge on any atom is 0.191 e. The van der Waals surface area contributed by atoms with Crippen LogP contribution in [0, 0.1) is 5.82 Å². The van der Waals surface area contributed by atoms with Crippen LogP contribution in [0.4, 0.5) is 4.39 Å². The van der Waals surface area contributed by atoms with Gasteiger partial charge in [-0.3, -0.25) is 9.98 Å². The predicted octanol–water partition coefficient (Wildman–Crippen LogP) is 3.77. The van der Waals surface area contributed by atoms with Gasteiger partial charge < -0.3 is 10.6 Å². The summed E-state index contributed by atoms with van der Waals surface area (Å²) in [5, 5.41) is 7.84. The molecule has 1 heterocycles. The van der Waals surface area contributed by atoms with E-state index in [2.05, 4.69) is 38.8 Å². The summed E-state index contributed by atoms with van der Waals surface area (Å²) in [4.78, 5) is 8.80. The summed E-state index contributed by atoms with van der Waals surface area (Å²) in [6, 6.07) is 17.2. The van der Waals surface area contributed by atoms with Crippen molar-refractivity contribution in [2.45, 2.75) is 24.8 Å². The van der Waals surface area contributed by atoms with Crippen molar-refractivity contribution in [1.29, 1.82) is 0 Å². The molecule has 0 atom stereocenters. The highest BCUT2D eigenvalue weighted by atomic mass is 19.1. The number of guanidine groups is 1. The summed E-state index contributed by atoms with van der Waals surface area (Å²) in [5.41, 5.74) is 2.79. The number of rotatable bonds is 5. The Hall–Kier alpha value is -2.95. The second-order valence-electron chi connectivity index (χ2n) is 7.03. The number of benzene rings is 2. The van der Waals surface area contributed by atoms with Crippen molar-refractivity contribution in [1.82, 2.24) is 15.6 Å². The van der Waals surface area contributed by atoms with E-state index in [1.165, 1.54) is 6.07 Å². The van der Waals surface area contributed by atoms with Crippen LogP contribution in [0.3, 0.4) is 0 Å². The predicted molar refractivity (Wildman–Crippen MR) is 107 cm³/mol. The van der Waals surface area contributed by atoms with E-state index in [0.717, 1.165) is 34.9 Å². The molecule has 0 radical (unpaired) electrons. The summed E-state index contributed by atoms with van der Waals surface area (Å²) in [6.07, 6.45) is 3.79. The fraction of sp³-hybridized carbons (Fsp3) is 0.273. The third-order valence-corrected chi connectivity index (χ3v) is 5.28. The van der Waals surface area contributed by atoms with Crippen LogP contribution in [0.15, 0.2) is 65.8 Å². The van der Waals surface area contributed by atoms with E-state index >= 15 is 0 Å². The average molecular weight is 362 g/mol. The third-order valence-electron chi connectivity index (χ3n) is 5.28. The Morgan fingerprint density at radius 2 is 1.89 bits per heavy atom. The van der Waals surface area contributed by atoms with E-state index < -0.39 is 0 Å². The zero-order valence-electron chi connectivity index (χ0n) is 15.4. The van der Waals surface area contributed by atoms with E-state index in [-0.39, 0.29) is 11.2 Å². The van der Waals surface area contributed by atoms with Crippen molar-refractivity contribution in [3.05, 3.63) is 77.7 Å². The minimum Gasteiger partial charge on any atom is -0.356 e. The first-order chi connectivity index (χ1) is 13.2. The summed E-state index contributed by atoms with van der Waals surface area (Å²) in [6.45, 7) is 1.29. The van der Waals surface area contributed by atoms with Crippen LogP contribution in [0.5, 0.6) is 0 Å². The van der Waals surface area contributed by atoms with Gasteiger partial charge in [0.05, 0.1) is 5.52 Å². The maximum atomic E-state index is 14.2. The van der Waals surface area contributed by atoms with Gasteiger partial charge >= 0.3 is 0 Å². The number of para-hydroxylation sites is 1. The molecule has 5 heteroatoms. The number of hydrogen-bond donors (Lipinski definition) is 2. The molecule has 1 fully saturated rings. The van der Waals surface area contributed by atoms with E-state index in [0.29, 0.717) is 19.0 Å². The number of halogens is 1. The lowest BCUT2D eigenvalue weighted by atomic mass is 9.95. The van der Waals surface area contributed by atoms with Crippen LogP contribution in [-0.2, 0) is 12.0 Å². The molecule has 4 nitrogen and oxygen atoms in total. The SMILES string of the molecule is CN=C(NCc1cccc2cccnc12)NCC1(c2ccccc2F)CC1. The molecule has 2 aromatic carbocycles. The van der Waals surface area contributed by atoms with Crippen molar-refractivity contribution in [2.24, 2.45) is 4.99 Å². The first kappa shape index (κ1) is 17.5. The second kappa shape index (κ2) is 7.35. The molecule has 138 valence electrons. The minimum atomic E-state index is -0.124. The number of nitrogens with one attached hydrogen (secondary N) is 2. The summed E-state index contributed by atoms with van der Waals surface area (Å²) in [5.74, 6) is 0.590. The first-order valence-electron chi connectivity index (χ1n) is 9.24. The van der Waals surface area contributed by atoms with Crippen LogP contribution in [0.2, 0.25) is 0 Å². The van der Waals surface area contributed by atoms with Crippen molar-refractivity contribution >= 4 is 16.9 Å². The molecule has 3 aromatic rings. The summed E-state index contributed by atoms with van der Waals surface area (Å²) in [7, 11) is 1.75. The van der Waals surface area contributed by atoms with Gasteiger partial charge in [0.15, 0.2) is 5.96 Å². The molecule has 0 saturated heterocycles. The molecule has 0 bridgehead atoms. The normalized spacial score (nSPS) is 15.6. The molecule has 1 aliphatic carbocycles. The van der Waals surface area contributed by atoms with E-state index in [1.54, 1.807) is 13.1 Å². The minimum absolute atomic E-state index is 0.121. The number of aliphatic imine (C=N–C) groups is 1. The van der Waals surface area contributed by atoms with E-state index in [4.69, 9.17) is 0 Å². The van der Waals surface area contributed by atoms with Gasteiger partial charge in [0, 0.05) is 37.1 Å². The highest BCUT2D eigenvalue weighted by Gasteiger charge is 2.45. The molecule has 1 aromatic heterocycles. The van der Waals surface area contributed by atoms with Gasteiger partial charge in [-0.25, -0.2) is 4.39 Å². The third kappa shape index (κ3) is 3.63. The van der Waals surface area contributed by atoms with Gasteiger partial charge in [-0.15, -0.1) is 0 Å². The molecule has 4 rings (SSSR count). The van der Waals surface area contributed by atoms with Crippen LogP contribution in [-0.4, -0.2) is 24.5 Å². The summed E-state index contributed by atoms with van der Waals surface area (Å²) >= 11 is 0. The lowest BCUT2D eigenvalue weighted by molar-refractivity contribution is 0.559. The zero-order chi connectivity index (χ0) is 18.7. The van der Waals surface area contributed by atoms with Gasteiger partial charge in [-0.2, -0.15) is 0 Å². The fourth-order valence-electron chi connectivity index (χ4n) is 3.55. The largest absolute Gasteiger partial charge is 0.356 e. The molecule has 1 aliphatic rings. The maximum absolute atomic E-state index is 14.2. The Labute approximate surface area is 158 Å². The molecule has 2 N–H and O–H groups in total. The topological polar surface area (TPSA) is 49.3 Å². The number of fused-ring (bicyclic) bond motifs is 1. The molecule has 0 aliphatic heterocycles. The molecular weight excluding hydrogens is 339 g/mol. The van der Waals surface area contributed by atoms with Crippen molar-refractivity contribution in [3.8, 4) is 0 Å². The zero-order valence-corrected chi connectivity index (χ0v) is 15.4. The van der Waals surface area contributed by atoms with Crippen LogP contribution in [0.1, 0.15) is 24.0 Å². The van der Waals surface area contributed by atoms with Crippen LogP contribution in [0.25, 0.3) is 10.9 Å². The van der Waals surface area contributed by atoms with Gasteiger partial charge in [-0.1, -0.05) is 42.5 Å². The van der Waals surface area contributed by atoms with Crippen LogP contribution >= 0.6 is 0 Å². The number of aromatic nitrogens is 1. The number of pyridine rings is 1. The molecular formula is C22H23FN4. The highest BCUT2D eigenvalue weighted by molar-refractivity contribution is 5.83. The molecule has 0 amide bonds. The fourth-order valence-corrected chi connectivity index (χ4v) is 3.55. The lowest BCUT2D eigenvalue weighted by Crippen LogP contribution is -2.41.